The van der Waals surface area contributed by atoms with Gasteiger partial charge < -0.3 is 29.2 Å². The molecule has 0 saturated heterocycles. The van der Waals surface area contributed by atoms with Crippen molar-refractivity contribution in [2.24, 2.45) is 11.8 Å². The zero-order valence-corrected chi connectivity index (χ0v) is 19.1. The van der Waals surface area contributed by atoms with Gasteiger partial charge in [0.15, 0.2) is 0 Å². The van der Waals surface area contributed by atoms with Crippen LogP contribution in [0.15, 0.2) is 24.3 Å². The molecular formula is C24H36O8. The molecule has 0 aromatic carbocycles. The van der Waals surface area contributed by atoms with Gasteiger partial charge in [-0.05, 0) is 57.8 Å². The zero-order valence-electron chi connectivity index (χ0n) is 19.1. The first-order valence-electron chi connectivity index (χ1n) is 11.3. The number of hydrogen-bond donors (Lipinski definition) is 2. The second kappa shape index (κ2) is 10.0. The van der Waals surface area contributed by atoms with E-state index in [1.165, 1.54) is 0 Å². The van der Waals surface area contributed by atoms with E-state index in [-0.39, 0.29) is 48.8 Å². The highest BCUT2D eigenvalue weighted by atomic mass is 16.6. The average molecular weight is 453 g/mol. The molecule has 4 aliphatic carbocycles. The molecule has 32 heavy (non-hydrogen) atoms. The normalized spacial score (nSPS) is 32.2. The van der Waals surface area contributed by atoms with Gasteiger partial charge in [-0.15, -0.1) is 0 Å². The third-order valence-electron chi connectivity index (χ3n) is 6.63. The first-order chi connectivity index (χ1) is 15.0. The molecule has 180 valence electrons. The Hall–Kier alpha value is -1.74. The minimum Gasteiger partial charge on any atom is -0.460 e. The molecule has 0 aromatic heterocycles. The Bertz CT molecular complexity index is 672. The van der Waals surface area contributed by atoms with Crippen LogP contribution in [0.25, 0.3) is 0 Å². The van der Waals surface area contributed by atoms with Gasteiger partial charge in [-0.1, -0.05) is 13.2 Å². The van der Waals surface area contributed by atoms with Crippen LogP contribution in [-0.4, -0.2) is 72.0 Å². The highest BCUT2D eigenvalue weighted by Crippen LogP contribution is 2.60. The summed E-state index contributed by atoms with van der Waals surface area (Å²) in [6.45, 7) is 10.1. The van der Waals surface area contributed by atoms with Crippen LogP contribution in [-0.2, 0) is 28.5 Å². The summed E-state index contributed by atoms with van der Waals surface area (Å²) in [4.78, 5) is 23.0. The molecule has 4 saturated carbocycles. The number of carbonyl (C=O) groups is 2. The second-order valence-electron chi connectivity index (χ2n) is 10.0. The smallest absolute Gasteiger partial charge is 0.333 e. The topological polar surface area (TPSA) is 112 Å². The highest BCUT2D eigenvalue weighted by molar-refractivity contribution is 5.87. The molecule has 4 rings (SSSR count). The fourth-order valence-electron chi connectivity index (χ4n) is 5.67. The van der Waals surface area contributed by atoms with Crippen LogP contribution in [0, 0.1) is 11.8 Å². The third kappa shape index (κ3) is 6.19. The van der Waals surface area contributed by atoms with Gasteiger partial charge in [-0.25, -0.2) is 9.59 Å². The fourth-order valence-corrected chi connectivity index (χ4v) is 5.67. The Morgan fingerprint density at radius 3 is 1.53 bits per heavy atom. The van der Waals surface area contributed by atoms with Crippen LogP contribution in [0.5, 0.6) is 0 Å². The van der Waals surface area contributed by atoms with E-state index in [2.05, 4.69) is 13.2 Å². The summed E-state index contributed by atoms with van der Waals surface area (Å²) in [6, 6.07) is 0. The summed E-state index contributed by atoms with van der Waals surface area (Å²) in [7, 11) is 0. The van der Waals surface area contributed by atoms with Gasteiger partial charge in [-0.3, -0.25) is 0 Å². The van der Waals surface area contributed by atoms with Crippen molar-refractivity contribution < 1.29 is 38.7 Å². The maximum absolute atomic E-state index is 11.5. The Labute approximate surface area is 189 Å². The van der Waals surface area contributed by atoms with E-state index in [0.717, 1.165) is 32.1 Å². The van der Waals surface area contributed by atoms with Crippen LogP contribution in [0.3, 0.4) is 0 Å². The minimum absolute atomic E-state index is 0.0818. The molecule has 0 aliphatic heterocycles. The number of aliphatic hydroxyl groups excluding tert-OH is 2. The maximum Gasteiger partial charge on any atom is 0.333 e. The molecule has 4 bridgehead atoms. The van der Waals surface area contributed by atoms with Crippen LogP contribution in [0.1, 0.15) is 52.4 Å². The predicted octanol–water partition coefficient (Wildman–Crippen LogP) is 2.07. The van der Waals surface area contributed by atoms with E-state index in [1.54, 1.807) is 13.8 Å². The third-order valence-corrected chi connectivity index (χ3v) is 6.63. The summed E-state index contributed by atoms with van der Waals surface area (Å²) in [6.07, 6.45) is 3.72. The van der Waals surface area contributed by atoms with Crippen molar-refractivity contribution in [2.75, 3.05) is 26.4 Å². The lowest BCUT2D eigenvalue weighted by Crippen LogP contribution is -2.61. The van der Waals surface area contributed by atoms with Gasteiger partial charge in [0.1, 0.15) is 25.4 Å². The van der Waals surface area contributed by atoms with Crippen molar-refractivity contribution >= 4 is 11.9 Å². The lowest BCUT2D eigenvalue weighted by Gasteiger charge is -2.61. The molecule has 4 fully saturated rings. The second-order valence-corrected chi connectivity index (χ2v) is 10.0. The molecule has 0 heterocycles. The molecule has 8 nitrogen and oxygen atoms in total. The minimum atomic E-state index is -0.909. The van der Waals surface area contributed by atoms with E-state index < -0.39 is 24.1 Å². The first-order valence-corrected chi connectivity index (χ1v) is 11.3. The average Bonchev–Trinajstić information content (AvgIpc) is 2.71. The van der Waals surface area contributed by atoms with Crippen LogP contribution in [0.4, 0.5) is 0 Å². The number of aliphatic hydroxyl groups is 2. The highest BCUT2D eigenvalue weighted by Gasteiger charge is 2.59. The Morgan fingerprint density at radius 1 is 0.812 bits per heavy atom. The Morgan fingerprint density at radius 2 is 1.19 bits per heavy atom. The fraction of sp³-hybridized carbons (Fsp3) is 0.750. The molecular weight excluding hydrogens is 416 g/mol. The maximum atomic E-state index is 11.5. The summed E-state index contributed by atoms with van der Waals surface area (Å²) < 4.78 is 22.5. The van der Waals surface area contributed by atoms with Crippen molar-refractivity contribution in [1.29, 1.82) is 0 Å². The first kappa shape index (κ1) is 24.9. The number of esters is 2. The molecule has 4 aliphatic rings. The number of hydrogen-bond acceptors (Lipinski definition) is 8. The summed E-state index contributed by atoms with van der Waals surface area (Å²) in [5.74, 6) is -0.0987. The number of rotatable bonds is 12. The van der Waals surface area contributed by atoms with Crippen molar-refractivity contribution in [1.82, 2.24) is 0 Å². The molecule has 2 N–H and O–H groups in total. The van der Waals surface area contributed by atoms with Gasteiger partial charge in [-0.2, -0.15) is 0 Å². The van der Waals surface area contributed by atoms with Crippen LogP contribution < -0.4 is 0 Å². The lowest BCUT2D eigenvalue weighted by molar-refractivity contribution is -0.248. The van der Waals surface area contributed by atoms with Gasteiger partial charge >= 0.3 is 11.9 Å². The Kier molecular flexibility index (Phi) is 7.81. The van der Waals surface area contributed by atoms with E-state index in [4.69, 9.17) is 18.9 Å². The lowest BCUT2D eigenvalue weighted by atomic mass is 9.52. The molecule has 0 aromatic rings. The Balaban J connectivity index is 1.51. The van der Waals surface area contributed by atoms with E-state index in [1.807, 2.05) is 0 Å². The largest absolute Gasteiger partial charge is 0.460 e. The van der Waals surface area contributed by atoms with Crippen molar-refractivity contribution in [3.8, 4) is 0 Å². The molecule has 8 heteroatoms. The summed E-state index contributed by atoms with van der Waals surface area (Å²) in [5, 5.41) is 20.4. The van der Waals surface area contributed by atoms with Gasteiger partial charge in [0.2, 0.25) is 0 Å². The predicted molar refractivity (Wildman–Crippen MR) is 116 cm³/mol. The summed E-state index contributed by atoms with van der Waals surface area (Å²) >= 11 is 0. The van der Waals surface area contributed by atoms with E-state index >= 15 is 0 Å². The van der Waals surface area contributed by atoms with E-state index in [0.29, 0.717) is 18.3 Å². The molecule has 0 radical (unpaired) electrons. The monoisotopic (exact) mass is 452 g/mol. The number of carbonyl (C=O) groups excluding carboxylic acids is 2. The summed E-state index contributed by atoms with van der Waals surface area (Å²) in [5.41, 5.74) is -0.175. The molecule has 0 spiro atoms. The van der Waals surface area contributed by atoms with Crippen molar-refractivity contribution in [2.45, 2.75) is 75.8 Å². The SMILES string of the molecule is C=C(C)C(=O)OCC(O)COC12CC3CC(C1)CC(OCC(O)COC(=O)C(=C)C)(C3)C2. The number of ether oxygens (including phenoxy) is 4. The van der Waals surface area contributed by atoms with Gasteiger partial charge in [0.05, 0.1) is 24.4 Å². The van der Waals surface area contributed by atoms with Crippen LogP contribution >= 0.6 is 0 Å². The molecule has 2 atom stereocenters. The molecule has 0 amide bonds. The van der Waals surface area contributed by atoms with E-state index in [9.17, 15) is 19.8 Å². The zero-order chi connectivity index (χ0) is 23.5. The van der Waals surface area contributed by atoms with Crippen molar-refractivity contribution in [3.05, 3.63) is 24.3 Å². The molecule has 2 unspecified atom stereocenters. The van der Waals surface area contributed by atoms with Crippen molar-refractivity contribution in [3.63, 3.8) is 0 Å². The van der Waals surface area contributed by atoms with Gasteiger partial charge in [0.25, 0.3) is 0 Å². The van der Waals surface area contributed by atoms with Crippen LogP contribution in [0.2, 0.25) is 0 Å². The standard InChI is InChI=1S/C24H36O8/c1-15(2)21(27)29-10-19(25)12-31-23-6-17-5-18(7-23)9-24(8-17,14-23)32-13-20(26)11-30-22(28)16(3)4/h17-20,25-26H,1,3,5-14H2,2,4H3. The van der Waals surface area contributed by atoms with Gasteiger partial charge in [0, 0.05) is 17.6 Å². The quantitative estimate of drug-likeness (QED) is 0.342.